The third kappa shape index (κ3) is 6.55. The van der Waals surface area contributed by atoms with Crippen molar-refractivity contribution in [1.82, 2.24) is 4.98 Å². The number of benzene rings is 3. The third-order valence-corrected chi connectivity index (χ3v) is 11.4. The van der Waals surface area contributed by atoms with Crippen LogP contribution in [0.1, 0.15) is 54.4 Å². The van der Waals surface area contributed by atoms with E-state index >= 15 is 4.39 Å². The molecule has 2 aromatic heterocycles. The van der Waals surface area contributed by atoms with Gasteiger partial charge >= 0.3 is 0 Å². The molecule has 1 spiro atoms. The number of hydrogen-bond acceptors (Lipinski definition) is 7. The number of aryl methyl sites for hydroxylation is 1. The predicted octanol–water partition coefficient (Wildman–Crippen LogP) is 7.86. The molecular formula is C40H34F3N5O4S. The van der Waals surface area contributed by atoms with Crippen LogP contribution < -0.4 is 20.4 Å². The molecule has 2 N–H and O–H groups in total. The van der Waals surface area contributed by atoms with E-state index in [1.165, 1.54) is 0 Å². The van der Waals surface area contributed by atoms with Crippen LogP contribution in [-0.4, -0.2) is 55.6 Å². The van der Waals surface area contributed by atoms with E-state index in [1.54, 1.807) is 59.6 Å². The minimum atomic E-state index is -0.901. The number of amides is 3. The van der Waals surface area contributed by atoms with Crippen molar-refractivity contribution in [3.63, 3.8) is 0 Å². The van der Waals surface area contributed by atoms with Crippen LogP contribution in [0.3, 0.4) is 0 Å². The number of pyridine rings is 1. The van der Waals surface area contributed by atoms with E-state index in [-0.39, 0.29) is 40.6 Å². The SMILES string of the molecule is Cc1cnc(N2CC3(CCOCC3)C2)c(C(=O)Nc2ccc(C(=O)N3CCc4c(sc(C(=O)Nc5cc(F)ccc5F)c4F)-c4ccccc43)cc2)c1. The number of carbonyl (C=O) groups excluding carboxylic acids is 3. The molecule has 0 bridgehead atoms. The minimum absolute atomic E-state index is 0.104. The molecule has 0 atom stereocenters. The molecule has 5 heterocycles. The summed E-state index contributed by atoms with van der Waals surface area (Å²) >= 11 is 0.891. The van der Waals surface area contributed by atoms with Crippen molar-refractivity contribution in [1.29, 1.82) is 0 Å². The largest absolute Gasteiger partial charge is 0.381 e. The number of ether oxygens (including phenoxy) is 1. The summed E-state index contributed by atoms with van der Waals surface area (Å²) in [5.74, 6) is -3.25. The molecule has 8 rings (SSSR count). The van der Waals surface area contributed by atoms with E-state index in [4.69, 9.17) is 4.74 Å². The van der Waals surface area contributed by atoms with E-state index in [2.05, 4.69) is 20.5 Å². The normalized spacial score (nSPS) is 15.9. The lowest BCUT2D eigenvalue weighted by atomic mass is 9.73. The quantitative estimate of drug-likeness (QED) is 0.184. The first-order valence-electron chi connectivity index (χ1n) is 17.3. The Labute approximate surface area is 307 Å². The fourth-order valence-corrected chi connectivity index (χ4v) is 8.48. The number of para-hydroxylation sites is 1. The number of nitrogens with zero attached hydrogens (tertiary/aromatic N) is 3. The summed E-state index contributed by atoms with van der Waals surface area (Å²) in [6, 6.07) is 18.1. The van der Waals surface area contributed by atoms with Crippen molar-refractivity contribution in [2.45, 2.75) is 26.2 Å². The molecule has 3 aliphatic rings. The van der Waals surface area contributed by atoms with Crippen LogP contribution in [0.5, 0.6) is 0 Å². The van der Waals surface area contributed by atoms with Crippen molar-refractivity contribution in [2.75, 3.05) is 53.3 Å². The standard InChI is InChI=1S/C40H34F3N5O4S/c1-23-18-29(36(44-20-23)47-21-40(22-47)13-16-52-17-14-40)37(49)45-26-9-6-24(7-10-26)39(51)48-15-12-28-33(43)35(53-34(28)27-4-2-3-5-32(27)48)38(50)46-31-19-25(41)8-11-30(31)42/h2-11,18-20H,12-17,21-22H2,1H3,(H,45,49)(H,46,50). The van der Waals surface area contributed by atoms with Gasteiger partial charge in [0.05, 0.1) is 16.9 Å². The number of fused-ring (bicyclic) bond motifs is 3. The summed E-state index contributed by atoms with van der Waals surface area (Å²) in [4.78, 5) is 49.2. The Morgan fingerprint density at radius 2 is 1.66 bits per heavy atom. The van der Waals surface area contributed by atoms with E-state index in [0.29, 0.717) is 38.8 Å². The molecule has 3 amide bonds. The maximum absolute atomic E-state index is 15.9. The van der Waals surface area contributed by atoms with E-state index in [0.717, 1.165) is 74.2 Å². The average Bonchev–Trinajstić information content (AvgIpc) is 3.38. The van der Waals surface area contributed by atoms with Crippen LogP contribution in [0, 0.1) is 29.8 Å². The van der Waals surface area contributed by atoms with Crippen molar-refractivity contribution >= 4 is 51.9 Å². The van der Waals surface area contributed by atoms with E-state index in [1.807, 2.05) is 13.0 Å². The Morgan fingerprint density at radius 3 is 2.43 bits per heavy atom. The molecule has 270 valence electrons. The topological polar surface area (TPSA) is 104 Å². The van der Waals surface area contributed by atoms with Gasteiger partial charge in [-0.3, -0.25) is 14.4 Å². The highest BCUT2D eigenvalue weighted by Gasteiger charge is 2.45. The molecule has 3 aromatic carbocycles. The number of nitrogens with one attached hydrogen (secondary N) is 2. The zero-order chi connectivity index (χ0) is 36.9. The van der Waals surface area contributed by atoms with Gasteiger partial charge in [0.25, 0.3) is 17.7 Å². The first-order valence-corrected chi connectivity index (χ1v) is 18.1. The summed E-state index contributed by atoms with van der Waals surface area (Å²) in [6.45, 7) is 5.18. The Hall–Kier alpha value is -5.53. The molecule has 13 heteroatoms. The molecule has 2 saturated heterocycles. The smallest absolute Gasteiger partial charge is 0.268 e. The Bertz CT molecular complexity index is 2260. The van der Waals surface area contributed by atoms with Gasteiger partial charge in [-0.1, -0.05) is 18.2 Å². The second kappa shape index (κ2) is 13.8. The highest BCUT2D eigenvalue weighted by atomic mass is 32.1. The van der Waals surface area contributed by atoms with Crippen molar-refractivity contribution in [2.24, 2.45) is 5.41 Å². The first-order chi connectivity index (χ1) is 25.6. The number of thiophene rings is 1. The maximum atomic E-state index is 15.9. The average molecular weight is 738 g/mol. The van der Waals surface area contributed by atoms with Gasteiger partial charge in [-0.2, -0.15) is 0 Å². The van der Waals surface area contributed by atoms with Crippen LogP contribution in [0.15, 0.2) is 79.0 Å². The zero-order valence-corrected chi connectivity index (χ0v) is 29.5. The molecule has 0 unspecified atom stereocenters. The molecule has 0 aliphatic carbocycles. The maximum Gasteiger partial charge on any atom is 0.268 e. The fraction of sp³-hybridized carbons (Fsp3) is 0.250. The summed E-state index contributed by atoms with van der Waals surface area (Å²) in [6.07, 6.45) is 3.87. The Morgan fingerprint density at radius 1 is 0.906 bits per heavy atom. The van der Waals surface area contributed by atoms with E-state index in [9.17, 15) is 23.2 Å². The van der Waals surface area contributed by atoms with Crippen LogP contribution in [0.4, 0.5) is 36.1 Å². The van der Waals surface area contributed by atoms with Gasteiger partial charge in [0.2, 0.25) is 0 Å². The van der Waals surface area contributed by atoms with Crippen LogP contribution in [0.2, 0.25) is 0 Å². The van der Waals surface area contributed by atoms with Gasteiger partial charge < -0.3 is 25.2 Å². The minimum Gasteiger partial charge on any atom is -0.381 e. The number of rotatable bonds is 6. The second-order valence-corrected chi connectivity index (χ2v) is 14.8. The Balaban J connectivity index is 0.989. The molecule has 53 heavy (non-hydrogen) atoms. The molecule has 9 nitrogen and oxygen atoms in total. The third-order valence-electron chi connectivity index (χ3n) is 10.1. The molecule has 5 aromatic rings. The first kappa shape index (κ1) is 34.6. The van der Waals surface area contributed by atoms with Crippen LogP contribution in [0.25, 0.3) is 10.4 Å². The van der Waals surface area contributed by atoms with Crippen molar-refractivity contribution in [3.8, 4) is 10.4 Å². The second-order valence-electron chi connectivity index (χ2n) is 13.7. The predicted molar refractivity (Wildman–Crippen MR) is 197 cm³/mol. The number of anilines is 4. The molecule has 0 radical (unpaired) electrons. The van der Waals surface area contributed by atoms with E-state index < -0.39 is 29.0 Å². The highest BCUT2D eigenvalue weighted by molar-refractivity contribution is 7.17. The summed E-state index contributed by atoms with van der Waals surface area (Å²) in [5, 5.41) is 5.23. The summed E-state index contributed by atoms with van der Waals surface area (Å²) in [7, 11) is 0. The zero-order valence-electron chi connectivity index (χ0n) is 28.7. The molecule has 2 fully saturated rings. The fourth-order valence-electron chi connectivity index (χ4n) is 7.33. The Kier molecular flexibility index (Phi) is 8.99. The number of hydrogen-bond donors (Lipinski definition) is 2. The van der Waals surface area contributed by atoms with Gasteiger partial charge in [0, 0.05) is 77.8 Å². The van der Waals surface area contributed by atoms with Crippen molar-refractivity contribution < 1.29 is 32.3 Å². The monoisotopic (exact) mass is 737 g/mol. The summed E-state index contributed by atoms with van der Waals surface area (Å²) in [5.41, 5.74) is 3.38. The van der Waals surface area contributed by atoms with Crippen LogP contribution in [-0.2, 0) is 11.2 Å². The van der Waals surface area contributed by atoms with Gasteiger partial charge in [0.15, 0.2) is 5.82 Å². The lowest BCUT2D eigenvalue weighted by Gasteiger charge is -2.53. The van der Waals surface area contributed by atoms with Gasteiger partial charge in [-0.05, 0) is 80.3 Å². The van der Waals surface area contributed by atoms with Gasteiger partial charge in [0.1, 0.15) is 22.3 Å². The highest BCUT2D eigenvalue weighted by Crippen LogP contribution is 2.44. The van der Waals surface area contributed by atoms with Gasteiger partial charge in [-0.15, -0.1) is 11.3 Å². The molecule has 3 aliphatic heterocycles. The number of aromatic nitrogens is 1. The summed E-state index contributed by atoms with van der Waals surface area (Å²) < 4.78 is 49.3. The number of halogens is 3. The molecule has 0 saturated carbocycles. The molecular weight excluding hydrogens is 704 g/mol. The lowest BCUT2D eigenvalue weighted by Crippen LogP contribution is -2.59. The number of carbonyl (C=O) groups is 3. The van der Waals surface area contributed by atoms with Crippen LogP contribution >= 0.6 is 11.3 Å². The van der Waals surface area contributed by atoms with Crippen molar-refractivity contribution in [3.05, 3.63) is 124 Å². The lowest BCUT2D eigenvalue weighted by molar-refractivity contribution is -0.000511. The van der Waals surface area contributed by atoms with Gasteiger partial charge in [-0.25, -0.2) is 18.2 Å².